The van der Waals surface area contributed by atoms with Gasteiger partial charge in [-0.25, -0.2) is 4.68 Å². The molecule has 0 bridgehead atoms. The first-order chi connectivity index (χ1) is 9.36. The predicted molar refractivity (Wildman–Crippen MR) is 72.7 cm³/mol. The first kappa shape index (κ1) is 14.4. The van der Waals surface area contributed by atoms with Crippen LogP contribution in [0.15, 0.2) is 0 Å². The fourth-order valence-electron chi connectivity index (χ4n) is 2.95. The van der Waals surface area contributed by atoms with Gasteiger partial charge in [0, 0.05) is 13.7 Å². The Kier molecular flexibility index (Phi) is 5.72. The quantitative estimate of drug-likeness (QED) is 0.759. The summed E-state index contributed by atoms with van der Waals surface area (Å²) in [5, 5.41) is 15.5. The summed E-state index contributed by atoms with van der Waals surface area (Å²) in [5.74, 6) is 1.66. The van der Waals surface area contributed by atoms with Gasteiger partial charge in [-0.05, 0) is 29.2 Å². The molecule has 2 unspecified atom stereocenters. The topological polar surface area (TPSA) is 64.9 Å². The third-order valence-corrected chi connectivity index (χ3v) is 4.03. The highest BCUT2D eigenvalue weighted by Gasteiger charge is 2.27. The van der Waals surface area contributed by atoms with Crippen molar-refractivity contribution in [1.29, 1.82) is 0 Å². The van der Waals surface area contributed by atoms with Crippen LogP contribution in [0.25, 0.3) is 0 Å². The van der Waals surface area contributed by atoms with Crippen molar-refractivity contribution in [2.45, 2.75) is 51.6 Å². The summed E-state index contributed by atoms with van der Waals surface area (Å²) in [5.41, 5.74) is 0. The summed E-state index contributed by atoms with van der Waals surface area (Å²) in [4.78, 5) is 0. The Morgan fingerprint density at radius 3 is 3.00 bits per heavy atom. The van der Waals surface area contributed by atoms with E-state index in [-0.39, 0.29) is 0 Å². The van der Waals surface area contributed by atoms with Crippen LogP contribution in [-0.4, -0.2) is 40.5 Å². The number of ether oxygens (including phenoxy) is 1. The van der Waals surface area contributed by atoms with E-state index in [9.17, 15) is 0 Å². The number of aromatic nitrogens is 4. The van der Waals surface area contributed by atoms with Gasteiger partial charge in [-0.1, -0.05) is 26.2 Å². The molecule has 0 aliphatic heterocycles. The van der Waals surface area contributed by atoms with Gasteiger partial charge in [0.15, 0.2) is 5.82 Å². The number of nitrogens with one attached hydrogen (secondary N) is 1. The van der Waals surface area contributed by atoms with Crippen molar-refractivity contribution in [3.05, 3.63) is 5.82 Å². The number of hydrogen-bond acceptors (Lipinski definition) is 5. The first-order valence-corrected chi connectivity index (χ1v) is 7.33. The average molecular weight is 267 g/mol. The second-order valence-electron chi connectivity index (χ2n) is 5.23. The highest BCUT2D eigenvalue weighted by atomic mass is 16.5. The van der Waals surface area contributed by atoms with Gasteiger partial charge in [0.25, 0.3) is 0 Å². The third kappa shape index (κ3) is 3.73. The number of rotatable bonds is 7. The van der Waals surface area contributed by atoms with E-state index in [1.807, 2.05) is 4.68 Å². The van der Waals surface area contributed by atoms with Crippen molar-refractivity contribution >= 4 is 0 Å². The van der Waals surface area contributed by atoms with E-state index in [0.29, 0.717) is 19.2 Å². The lowest BCUT2D eigenvalue weighted by molar-refractivity contribution is 0.195. The van der Waals surface area contributed by atoms with E-state index in [1.165, 1.54) is 32.1 Å². The van der Waals surface area contributed by atoms with Crippen LogP contribution in [0, 0.1) is 5.92 Å². The zero-order valence-electron chi connectivity index (χ0n) is 12.0. The molecular formula is C13H25N5O. The van der Waals surface area contributed by atoms with Crippen LogP contribution in [0.1, 0.15) is 50.9 Å². The average Bonchev–Trinajstić information content (AvgIpc) is 2.92. The van der Waals surface area contributed by atoms with Gasteiger partial charge in [0.05, 0.1) is 19.2 Å². The molecule has 108 valence electrons. The minimum absolute atomic E-state index is 0.480. The molecule has 0 spiro atoms. The van der Waals surface area contributed by atoms with Gasteiger partial charge >= 0.3 is 0 Å². The van der Waals surface area contributed by atoms with Crippen molar-refractivity contribution < 1.29 is 4.74 Å². The van der Waals surface area contributed by atoms with Crippen LogP contribution in [0.2, 0.25) is 0 Å². The van der Waals surface area contributed by atoms with Crippen molar-refractivity contribution in [3.63, 3.8) is 0 Å². The predicted octanol–water partition coefficient (Wildman–Crippen LogP) is 1.55. The molecule has 19 heavy (non-hydrogen) atoms. The molecule has 2 rings (SSSR count). The van der Waals surface area contributed by atoms with Crippen molar-refractivity contribution in [2.75, 3.05) is 20.3 Å². The summed E-state index contributed by atoms with van der Waals surface area (Å²) in [7, 11) is 1.71. The Balaban J connectivity index is 1.97. The van der Waals surface area contributed by atoms with E-state index in [0.717, 1.165) is 18.3 Å². The molecule has 6 nitrogen and oxygen atoms in total. The van der Waals surface area contributed by atoms with E-state index in [4.69, 9.17) is 4.74 Å². The van der Waals surface area contributed by atoms with Crippen LogP contribution in [-0.2, 0) is 11.3 Å². The molecule has 0 amide bonds. The molecule has 1 aromatic heterocycles. The zero-order chi connectivity index (χ0) is 13.5. The van der Waals surface area contributed by atoms with Crippen molar-refractivity contribution in [3.8, 4) is 0 Å². The Bertz CT molecular complexity index is 368. The third-order valence-electron chi connectivity index (χ3n) is 4.03. The van der Waals surface area contributed by atoms with Gasteiger partial charge < -0.3 is 10.1 Å². The highest BCUT2D eigenvalue weighted by molar-refractivity contribution is 4.88. The van der Waals surface area contributed by atoms with Gasteiger partial charge in [-0.15, -0.1) is 5.10 Å². The summed E-state index contributed by atoms with van der Waals surface area (Å²) >= 11 is 0. The number of methoxy groups -OCH3 is 1. The molecule has 1 fully saturated rings. The lowest BCUT2D eigenvalue weighted by Crippen LogP contribution is -2.28. The Morgan fingerprint density at radius 2 is 2.21 bits per heavy atom. The minimum Gasteiger partial charge on any atom is -0.383 e. The molecule has 6 heteroatoms. The van der Waals surface area contributed by atoms with Crippen LogP contribution >= 0.6 is 0 Å². The van der Waals surface area contributed by atoms with Crippen LogP contribution in [0.5, 0.6) is 0 Å². The fraction of sp³-hybridized carbons (Fsp3) is 0.923. The van der Waals surface area contributed by atoms with E-state index >= 15 is 0 Å². The highest BCUT2D eigenvalue weighted by Crippen LogP contribution is 2.35. The summed E-state index contributed by atoms with van der Waals surface area (Å²) in [6, 6.07) is 0.480. The zero-order valence-corrected chi connectivity index (χ0v) is 12.0. The molecule has 1 aromatic rings. The smallest absolute Gasteiger partial charge is 0.165 e. The summed E-state index contributed by atoms with van der Waals surface area (Å²) in [6.07, 6.45) is 6.35. The van der Waals surface area contributed by atoms with Crippen molar-refractivity contribution in [1.82, 2.24) is 25.5 Å². The molecular weight excluding hydrogens is 242 g/mol. The number of nitrogens with zero attached hydrogens (tertiary/aromatic N) is 4. The van der Waals surface area contributed by atoms with Gasteiger partial charge in [-0.2, -0.15) is 0 Å². The Labute approximate surface area is 114 Å². The van der Waals surface area contributed by atoms with Crippen LogP contribution in [0.4, 0.5) is 0 Å². The molecule has 1 heterocycles. The maximum Gasteiger partial charge on any atom is 0.165 e. The molecule has 1 aliphatic rings. The Hall–Kier alpha value is -1.01. The lowest BCUT2D eigenvalue weighted by Gasteiger charge is -2.31. The summed E-state index contributed by atoms with van der Waals surface area (Å²) in [6.45, 7) is 4.51. The van der Waals surface area contributed by atoms with Gasteiger partial charge in [-0.3, -0.25) is 0 Å². The molecule has 0 aromatic carbocycles. The number of hydrogen-bond donors (Lipinski definition) is 1. The second-order valence-corrected chi connectivity index (χ2v) is 5.23. The first-order valence-electron chi connectivity index (χ1n) is 7.33. The van der Waals surface area contributed by atoms with Crippen molar-refractivity contribution in [2.24, 2.45) is 5.92 Å². The SMILES string of the molecule is CCC1CCCCC1n1nnnc1CNCCOC. The maximum atomic E-state index is 5.02. The van der Waals surface area contributed by atoms with Gasteiger partial charge in [0.2, 0.25) is 0 Å². The van der Waals surface area contributed by atoms with E-state index in [2.05, 4.69) is 27.8 Å². The van der Waals surface area contributed by atoms with Gasteiger partial charge in [0.1, 0.15) is 0 Å². The monoisotopic (exact) mass is 267 g/mol. The standard InChI is InChI=1S/C13H25N5O/c1-3-11-6-4-5-7-12(11)18-13(15-16-17-18)10-14-8-9-19-2/h11-12,14H,3-10H2,1-2H3. The molecule has 0 saturated heterocycles. The minimum atomic E-state index is 0.480. The van der Waals surface area contributed by atoms with Crippen LogP contribution in [0.3, 0.4) is 0 Å². The summed E-state index contributed by atoms with van der Waals surface area (Å²) < 4.78 is 7.07. The molecule has 2 atom stereocenters. The number of tetrazole rings is 1. The molecule has 1 saturated carbocycles. The molecule has 1 N–H and O–H groups in total. The Morgan fingerprint density at radius 1 is 1.37 bits per heavy atom. The van der Waals surface area contributed by atoms with E-state index in [1.54, 1.807) is 7.11 Å². The maximum absolute atomic E-state index is 5.02. The second kappa shape index (κ2) is 7.55. The normalized spacial score (nSPS) is 23.7. The molecule has 0 radical (unpaired) electrons. The molecule has 1 aliphatic carbocycles. The van der Waals surface area contributed by atoms with E-state index < -0.39 is 0 Å². The largest absolute Gasteiger partial charge is 0.383 e. The lowest BCUT2D eigenvalue weighted by atomic mass is 9.83. The van der Waals surface area contributed by atoms with Crippen LogP contribution < -0.4 is 5.32 Å². The fourth-order valence-corrected chi connectivity index (χ4v) is 2.95.